The average molecular weight is 346 g/mol. The summed E-state index contributed by atoms with van der Waals surface area (Å²) in [6, 6.07) is 2.05. The van der Waals surface area contributed by atoms with Gasteiger partial charge in [0.05, 0.1) is 15.3 Å². The quantitative estimate of drug-likeness (QED) is 0.770. The van der Waals surface area contributed by atoms with E-state index in [1.165, 1.54) is 11.3 Å². The molecule has 1 amide bonds. The molecule has 0 atom stereocenters. The van der Waals surface area contributed by atoms with Crippen molar-refractivity contribution in [2.24, 2.45) is 0 Å². The topological polar surface area (TPSA) is 46.6 Å². The first-order valence-corrected chi connectivity index (χ1v) is 7.86. The van der Waals surface area contributed by atoms with Crippen LogP contribution in [0.5, 0.6) is 0 Å². The number of carbonyl (C=O) groups excluding carboxylic acids is 2. The standard InChI is InChI=1S/C13H16BrNO3S/c1-3-18-11(16)7-15(9-4-5-9)13(17)10-6-8(2)12(14)19-10/h6,9H,3-5,7H2,1-2H3. The minimum absolute atomic E-state index is 0.0475. The third-order valence-electron chi connectivity index (χ3n) is 2.92. The molecule has 104 valence electrons. The van der Waals surface area contributed by atoms with Crippen LogP contribution < -0.4 is 0 Å². The minimum atomic E-state index is -0.338. The summed E-state index contributed by atoms with van der Waals surface area (Å²) in [4.78, 5) is 26.3. The van der Waals surface area contributed by atoms with Crippen molar-refractivity contribution in [3.8, 4) is 0 Å². The maximum Gasteiger partial charge on any atom is 0.325 e. The van der Waals surface area contributed by atoms with E-state index in [1.807, 2.05) is 13.0 Å². The Kier molecular flexibility index (Phi) is 4.62. The van der Waals surface area contributed by atoms with Crippen molar-refractivity contribution < 1.29 is 14.3 Å². The van der Waals surface area contributed by atoms with E-state index in [0.29, 0.717) is 11.5 Å². The Hall–Kier alpha value is -0.880. The maximum absolute atomic E-state index is 12.4. The molecule has 1 heterocycles. The van der Waals surface area contributed by atoms with Gasteiger partial charge in [0.25, 0.3) is 5.91 Å². The summed E-state index contributed by atoms with van der Waals surface area (Å²) in [6.07, 6.45) is 1.94. The summed E-state index contributed by atoms with van der Waals surface area (Å²) >= 11 is 4.83. The molecule has 4 nitrogen and oxygen atoms in total. The lowest BCUT2D eigenvalue weighted by molar-refractivity contribution is -0.143. The Morgan fingerprint density at radius 2 is 2.21 bits per heavy atom. The van der Waals surface area contributed by atoms with Gasteiger partial charge in [0, 0.05) is 6.04 Å². The second kappa shape index (κ2) is 6.05. The van der Waals surface area contributed by atoms with Crippen molar-refractivity contribution in [1.82, 2.24) is 4.90 Å². The number of carbonyl (C=O) groups is 2. The number of aryl methyl sites for hydroxylation is 1. The molecule has 1 aromatic rings. The first-order chi connectivity index (χ1) is 9.02. The Morgan fingerprint density at radius 3 is 2.68 bits per heavy atom. The predicted molar refractivity (Wildman–Crippen MR) is 77.4 cm³/mol. The maximum atomic E-state index is 12.4. The zero-order valence-electron chi connectivity index (χ0n) is 10.9. The van der Waals surface area contributed by atoms with Gasteiger partial charge in [-0.1, -0.05) is 0 Å². The van der Waals surface area contributed by atoms with E-state index >= 15 is 0 Å². The number of esters is 1. The number of thiophene rings is 1. The average Bonchev–Trinajstić information content (AvgIpc) is 3.13. The van der Waals surface area contributed by atoms with E-state index in [1.54, 1.807) is 11.8 Å². The van der Waals surface area contributed by atoms with Crippen molar-refractivity contribution in [3.05, 3.63) is 20.3 Å². The number of ether oxygens (including phenoxy) is 1. The summed E-state index contributed by atoms with van der Waals surface area (Å²) in [7, 11) is 0. The zero-order chi connectivity index (χ0) is 14.0. The van der Waals surface area contributed by atoms with Crippen LogP contribution in [0, 0.1) is 6.92 Å². The molecule has 0 aliphatic heterocycles. The van der Waals surface area contributed by atoms with Crippen molar-refractivity contribution in [2.45, 2.75) is 32.7 Å². The van der Waals surface area contributed by atoms with Gasteiger partial charge in [-0.05, 0) is 54.2 Å². The first-order valence-electron chi connectivity index (χ1n) is 6.25. The summed E-state index contributed by atoms with van der Waals surface area (Å²) < 4.78 is 5.89. The highest BCUT2D eigenvalue weighted by molar-refractivity contribution is 9.11. The van der Waals surface area contributed by atoms with E-state index in [-0.39, 0.29) is 24.5 Å². The van der Waals surface area contributed by atoms with Gasteiger partial charge < -0.3 is 9.64 Å². The van der Waals surface area contributed by atoms with Gasteiger partial charge in [-0.25, -0.2) is 0 Å². The SMILES string of the molecule is CCOC(=O)CN(C(=O)c1cc(C)c(Br)s1)C1CC1. The van der Waals surface area contributed by atoms with E-state index < -0.39 is 0 Å². The highest BCUT2D eigenvalue weighted by Crippen LogP contribution is 2.32. The van der Waals surface area contributed by atoms with Crippen LogP contribution in [0.1, 0.15) is 35.0 Å². The monoisotopic (exact) mass is 345 g/mol. The largest absolute Gasteiger partial charge is 0.465 e. The molecule has 0 saturated heterocycles. The molecular weight excluding hydrogens is 330 g/mol. The zero-order valence-corrected chi connectivity index (χ0v) is 13.3. The van der Waals surface area contributed by atoms with Crippen molar-refractivity contribution in [2.75, 3.05) is 13.2 Å². The summed E-state index contributed by atoms with van der Waals surface area (Å²) in [5, 5.41) is 0. The Balaban J connectivity index is 2.10. The Bertz CT molecular complexity index is 477. The van der Waals surface area contributed by atoms with Gasteiger partial charge >= 0.3 is 5.97 Å². The van der Waals surface area contributed by atoms with Crippen LogP contribution in [-0.4, -0.2) is 36.0 Å². The fourth-order valence-electron chi connectivity index (χ4n) is 1.81. The molecule has 19 heavy (non-hydrogen) atoms. The van der Waals surface area contributed by atoms with Gasteiger partial charge in [-0.15, -0.1) is 11.3 Å². The second-order valence-corrected chi connectivity index (χ2v) is 6.91. The van der Waals surface area contributed by atoms with Crippen LogP contribution in [0.25, 0.3) is 0 Å². The second-order valence-electron chi connectivity index (χ2n) is 4.54. The van der Waals surface area contributed by atoms with Crippen LogP contribution in [0.2, 0.25) is 0 Å². The van der Waals surface area contributed by atoms with Crippen LogP contribution >= 0.6 is 27.3 Å². The normalized spacial score (nSPS) is 14.3. The van der Waals surface area contributed by atoms with Gasteiger partial charge in [0.1, 0.15) is 6.54 Å². The van der Waals surface area contributed by atoms with Crippen molar-refractivity contribution in [1.29, 1.82) is 0 Å². The van der Waals surface area contributed by atoms with Crippen LogP contribution in [-0.2, 0) is 9.53 Å². The molecule has 2 rings (SSSR count). The number of nitrogens with zero attached hydrogens (tertiary/aromatic N) is 1. The molecule has 0 aromatic carbocycles. The molecule has 6 heteroatoms. The molecule has 0 radical (unpaired) electrons. The Labute approximate surface area is 124 Å². The number of hydrogen-bond donors (Lipinski definition) is 0. The third-order valence-corrected chi connectivity index (χ3v) is 5.05. The number of hydrogen-bond acceptors (Lipinski definition) is 4. The number of halogens is 1. The molecular formula is C13H16BrNO3S. The lowest BCUT2D eigenvalue weighted by Crippen LogP contribution is -2.37. The predicted octanol–water partition coefficient (Wildman–Crippen LogP) is 2.99. The van der Waals surface area contributed by atoms with Gasteiger partial charge in [-0.3, -0.25) is 9.59 Å². The summed E-state index contributed by atoms with van der Waals surface area (Å²) in [5.74, 6) is -0.413. The summed E-state index contributed by atoms with van der Waals surface area (Å²) in [5.41, 5.74) is 1.04. The molecule has 1 fully saturated rings. The minimum Gasteiger partial charge on any atom is -0.465 e. The first kappa shape index (κ1) is 14.5. The van der Waals surface area contributed by atoms with Crippen LogP contribution in [0.15, 0.2) is 9.85 Å². The number of rotatable bonds is 5. The fourth-order valence-corrected chi connectivity index (χ4v) is 3.30. The molecule has 1 aliphatic rings. The molecule has 0 N–H and O–H groups in total. The van der Waals surface area contributed by atoms with Gasteiger partial charge in [-0.2, -0.15) is 0 Å². The molecule has 1 aromatic heterocycles. The third kappa shape index (κ3) is 3.57. The summed E-state index contributed by atoms with van der Waals surface area (Å²) in [6.45, 7) is 4.10. The van der Waals surface area contributed by atoms with E-state index in [2.05, 4.69) is 15.9 Å². The van der Waals surface area contributed by atoms with Gasteiger partial charge in [0.15, 0.2) is 0 Å². The van der Waals surface area contributed by atoms with E-state index in [9.17, 15) is 9.59 Å². The molecule has 1 saturated carbocycles. The molecule has 0 bridgehead atoms. The van der Waals surface area contributed by atoms with Crippen LogP contribution in [0.4, 0.5) is 0 Å². The smallest absolute Gasteiger partial charge is 0.325 e. The van der Waals surface area contributed by atoms with Gasteiger partial charge in [0.2, 0.25) is 0 Å². The van der Waals surface area contributed by atoms with E-state index in [0.717, 1.165) is 22.2 Å². The van der Waals surface area contributed by atoms with Crippen LogP contribution in [0.3, 0.4) is 0 Å². The molecule has 0 spiro atoms. The molecule has 1 aliphatic carbocycles. The van der Waals surface area contributed by atoms with E-state index in [4.69, 9.17) is 4.74 Å². The Morgan fingerprint density at radius 1 is 1.53 bits per heavy atom. The number of amides is 1. The van der Waals surface area contributed by atoms with Crippen molar-refractivity contribution >= 4 is 39.1 Å². The molecule has 0 unspecified atom stereocenters. The highest BCUT2D eigenvalue weighted by Gasteiger charge is 2.35. The van der Waals surface area contributed by atoms with Crippen molar-refractivity contribution in [3.63, 3.8) is 0 Å². The highest BCUT2D eigenvalue weighted by atomic mass is 79.9. The fraction of sp³-hybridized carbons (Fsp3) is 0.538. The lowest BCUT2D eigenvalue weighted by Gasteiger charge is -2.20. The lowest BCUT2D eigenvalue weighted by atomic mass is 10.3.